The highest BCUT2D eigenvalue weighted by molar-refractivity contribution is 7.87. The van der Waals surface area contributed by atoms with Gasteiger partial charge in [0.2, 0.25) is 0 Å². The van der Waals surface area contributed by atoms with E-state index in [1.807, 2.05) is 38.1 Å². The Bertz CT molecular complexity index is 481. The summed E-state index contributed by atoms with van der Waals surface area (Å²) in [7, 11) is -1.01. The summed E-state index contributed by atoms with van der Waals surface area (Å²) in [6, 6.07) is 7.54. The molecular formula is C17H27NO3S. The van der Waals surface area contributed by atoms with Gasteiger partial charge in [-0.25, -0.2) is 4.21 Å². The summed E-state index contributed by atoms with van der Waals surface area (Å²) in [6.07, 6.45) is 6.32. The lowest BCUT2D eigenvalue weighted by atomic mass is 10.0. The van der Waals surface area contributed by atoms with Gasteiger partial charge in [0.25, 0.3) is 0 Å². The molecule has 1 atom stereocenters. The van der Waals surface area contributed by atoms with Gasteiger partial charge >= 0.3 is 0 Å². The van der Waals surface area contributed by atoms with Gasteiger partial charge in [-0.05, 0) is 51.0 Å². The normalized spacial score (nSPS) is 18.0. The molecule has 1 aliphatic rings. The lowest BCUT2D eigenvalue weighted by Gasteiger charge is -2.26. The van der Waals surface area contributed by atoms with Gasteiger partial charge in [0.05, 0.1) is 5.25 Å². The van der Waals surface area contributed by atoms with E-state index in [0.717, 1.165) is 24.3 Å². The molecular weight excluding hydrogens is 298 g/mol. The van der Waals surface area contributed by atoms with Crippen molar-refractivity contribution in [1.29, 1.82) is 0 Å². The third-order valence-electron chi connectivity index (χ3n) is 4.04. The van der Waals surface area contributed by atoms with Gasteiger partial charge in [-0.2, -0.15) is 0 Å². The predicted octanol–water partition coefficient (Wildman–Crippen LogP) is 3.63. The van der Waals surface area contributed by atoms with Crippen LogP contribution in [-0.2, 0) is 11.0 Å². The van der Waals surface area contributed by atoms with Crippen molar-refractivity contribution in [3.05, 3.63) is 24.3 Å². The van der Waals surface area contributed by atoms with Crippen LogP contribution in [0.25, 0.3) is 0 Å². The molecule has 0 saturated heterocycles. The maximum atomic E-state index is 12.3. The van der Waals surface area contributed by atoms with Crippen molar-refractivity contribution in [2.75, 3.05) is 11.3 Å². The van der Waals surface area contributed by atoms with Crippen molar-refractivity contribution in [3.8, 4) is 5.75 Å². The molecule has 1 aliphatic carbocycles. The summed E-state index contributed by atoms with van der Waals surface area (Å²) in [5.41, 5.74) is 0.463. The maximum absolute atomic E-state index is 12.3. The van der Waals surface area contributed by atoms with Gasteiger partial charge in [-0.15, -0.1) is 0 Å². The molecule has 2 N–H and O–H groups in total. The fourth-order valence-corrected chi connectivity index (χ4v) is 4.01. The molecule has 0 heterocycles. The Morgan fingerprint density at radius 2 is 1.86 bits per heavy atom. The first-order valence-corrected chi connectivity index (χ1v) is 9.29. The Morgan fingerprint density at radius 1 is 1.23 bits per heavy atom. The molecule has 0 radical (unpaired) electrons. The Balaban J connectivity index is 1.90. The zero-order valence-electron chi connectivity index (χ0n) is 13.5. The van der Waals surface area contributed by atoms with Crippen LogP contribution in [0.1, 0.15) is 52.4 Å². The molecule has 1 fully saturated rings. The largest absolute Gasteiger partial charge is 0.488 e. The number of nitrogens with one attached hydrogen (secondary N) is 1. The van der Waals surface area contributed by atoms with Crippen LogP contribution in [-0.4, -0.2) is 26.8 Å². The van der Waals surface area contributed by atoms with E-state index in [1.54, 1.807) is 0 Å². The number of anilines is 1. The van der Waals surface area contributed by atoms with E-state index >= 15 is 0 Å². The Morgan fingerprint density at radius 3 is 2.45 bits per heavy atom. The molecule has 1 unspecified atom stereocenters. The lowest BCUT2D eigenvalue weighted by molar-refractivity contribution is 0.0765. The summed E-state index contributed by atoms with van der Waals surface area (Å²) in [5, 5.41) is 9.29. The molecule has 4 nitrogen and oxygen atoms in total. The second kappa shape index (κ2) is 7.97. The number of aliphatic hydroxyl groups is 1. The number of aliphatic hydroxyl groups excluding tert-OH is 1. The second-order valence-corrected chi connectivity index (χ2v) is 7.98. The molecule has 2 rings (SSSR count). The summed E-state index contributed by atoms with van der Waals surface area (Å²) in [4.78, 5) is 0. The first kappa shape index (κ1) is 17.3. The first-order valence-electron chi connectivity index (χ1n) is 8.07. The van der Waals surface area contributed by atoms with Crippen LogP contribution >= 0.6 is 0 Å². The SMILES string of the molecule is CC(C)(CCO)Oc1ccc(NS(=O)C2CCCCC2)cc1. The quantitative estimate of drug-likeness (QED) is 0.805. The highest BCUT2D eigenvalue weighted by atomic mass is 32.2. The van der Waals surface area contributed by atoms with Crippen LogP contribution in [0.3, 0.4) is 0 Å². The smallest absolute Gasteiger partial charge is 0.120 e. The minimum absolute atomic E-state index is 0.104. The molecule has 124 valence electrons. The average molecular weight is 325 g/mol. The predicted molar refractivity (Wildman–Crippen MR) is 91.5 cm³/mol. The zero-order valence-corrected chi connectivity index (χ0v) is 14.3. The lowest BCUT2D eigenvalue weighted by Crippen LogP contribution is -2.29. The number of rotatable bonds is 7. The molecule has 0 aromatic heterocycles. The van der Waals surface area contributed by atoms with Gasteiger partial charge in [-0.1, -0.05) is 19.3 Å². The van der Waals surface area contributed by atoms with Crippen LogP contribution in [0.5, 0.6) is 5.75 Å². The summed E-state index contributed by atoms with van der Waals surface area (Å²) in [6.45, 7) is 4.01. The fraction of sp³-hybridized carbons (Fsp3) is 0.647. The third-order valence-corrected chi connectivity index (χ3v) is 5.55. The van der Waals surface area contributed by atoms with Crippen molar-refractivity contribution >= 4 is 16.7 Å². The molecule has 22 heavy (non-hydrogen) atoms. The monoisotopic (exact) mass is 325 g/mol. The molecule has 0 bridgehead atoms. The average Bonchev–Trinajstić information content (AvgIpc) is 2.49. The van der Waals surface area contributed by atoms with Crippen LogP contribution in [0.2, 0.25) is 0 Å². The topological polar surface area (TPSA) is 58.6 Å². The van der Waals surface area contributed by atoms with Crippen molar-refractivity contribution < 1.29 is 14.1 Å². The molecule has 0 aliphatic heterocycles. The number of benzene rings is 1. The van der Waals surface area contributed by atoms with E-state index in [0.29, 0.717) is 6.42 Å². The van der Waals surface area contributed by atoms with Gasteiger partial charge < -0.3 is 14.6 Å². The standard InChI is InChI=1S/C17H27NO3S/c1-17(2,12-13-19)21-15-10-8-14(9-11-15)18-22(20)16-6-4-3-5-7-16/h8-11,16,18-19H,3-7,12-13H2,1-2H3. The molecule has 5 heteroatoms. The van der Waals surface area contributed by atoms with E-state index in [9.17, 15) is 4.21 Å². The molecule has 1 saturated carbocycles. The van der Waals surface area contributed by atoms with Gasteiger partial charge in [0.15, 0.2) is 0 Å². The van der Waals surface area contributed by atoms with Gasteiger partial charge in [0, 0.05) is 18.7 Å². The van der Waals surface area contributed by atoms with E-state index in [2.05, 4.69) is 4.72 Å². The first-order chi connectivity index (χ1) is 10.5. The van der Waals surface area contributed by atoms with E-state index in [4.69, 9.17) is 9.84 Å². The van der Waals surface area contributed by atoms with Gasteiger partial charge in [-0.3, -0.25) is 0 Å². The van der Waals surface area contributed by atoms with Crippen molar-refractivity contribution in [2.45, 2.75) is 63.2 Å². The molecule has 0 spiro atoms. The van der Waals surface area contributed by atoms with E-state index < -0.39 is 16.6 Å². The van der Waals surface area contributed by atoms with E-state index in [1.165, 1.54) is 19.3 Å². The fourth-order valence-electron chi connectivity index (χ4n) is 2.71. The van der Waals surface area contributed by atoms with Crippen LogP contribution in [0.15, 0.2) is 24.3 Å². The van der Waals surface area contributed by atoms with Crippen LogP contribution < -0.4 is 9.46 Å². The zero-order chi connectivity index (χ0) is 16.0. The van der Waals surface area contributed by atoms with Crippen LogP contribution in [0.4, 0.5) is 5.69 Å². The Labute approximate surface area is 135 Å². The summed E-state index contributed by atoms with van der Waals surface area (Å²) in [5.74, 6) is 0.757. The maximum Gasteiger partial charge on any atom is 0.120 e. The summed E-state index contributed by atoms with van der Waals surface area (Å²) < 4.78 is 21.3. The van der Waals surface area contributed by atoms with E-state index in [-0.39, 0.29) is 11.9 Å². The highest BCUT2D eigenvalue weighted by Gasteiger charge is 2.21. The number of hydrogen-bond acceptors (Lipinski definition) is 3. The third kappa shape index (κ3) is 5.29. The van der Waals surface area contributed by atoms with Crippen molar-refractivity contribution in [2.24, 2.45) is 0 Å². The second-order valence-electron chi connectivity index (χ2n) is 6.52. The Kier molecular flexibility index (Phi) is 6.26. The van der Waals surface area contributed by atoms with Crippen molar-refractivity contribution in [3.63, 3.8) is 0 Å². The minimum Gasteiger partial charge on any atom is -0.488 e. The Hall–Kier alpha value is -1.07. The van der Waals surface area contributed by atoms with Crippen LogP contribution in [0, 0.1) is 0 Å². The minimum atomic E-state index is -1.01. The molecule has 0 amide bonds. The summed E-state index contributed by atoms with van der Waals surface area (Å²) >= 11 is 0. The number of hydrogen-bond donors (Lipinski definition) is 2. The number of ether oxygens (including phenoxy) is 1. The highest BCUT2D eigenvalue weighted by Crippen LogP contribution is 2.25. The molecule has 1 aromatic carbocycles. The molecule has 1 aromatic rings. The van der Waals surface area contributed by atoms with Crippen molar-refractivity contribution in [1.82, 2.24) is 0 Å². The van der Waals surface area contributed by atoms with Gasteiger partial charge in [0.1, 0.15) is 22.3 Å².